The van der Waals surface area contributed by atoms with E-state index >= 15 is 0 Å². The summed E-state index contributed by atoms with van der Waals surface area (Å²) in [7, 11) is 0. The van der Waals surface area contributed by atoms with Gasteiger partial charge in [0.05, 0.1) is 0 Å². The van der Waals surface area contributed by atoms with Crippen LogP contribution >= 0.6 is 0 Å². The molecule has 138 valence electrons. The number of hydrogen-bond donors (Lipinski definition) is 0. The fourth-order valence-corrected chi connectivity index (χ4v) is 37.8. The van der Waals surface area contributed by atoms with Gasteiger partial charge in [0.25, 0.3) is 0 Å². The second kappa shape index (κ2) is 7.87. The first-order valence-electron chi connectivity index (χ1n) is 10.3. The molecule has 0 spiro atoms. The van der Waals surface area contributed by atoms with Crippen LogP contribution in [0.1, 0.15) is 62.8 Å². The van der Waals surface area contributed by atoms with Crippen molar-refractivity contribution in [3.8, 4) is 0 Å². The van der Waals surface area contributed by atoms with Crippen molar-refractivity contribution < 1.29 is 20.6 Å². The third-order valence-corrected chi connectivity index (χ3v) is 37.8. The SMILES string of the molecule is CC1=C(C)[CH]([Hf+]([CH]2C=C(CC(C)C)c3ccccc32)[SiH](C)C)C(C)=C1C. The molecular formula is C24H35HfSi+. The van der Waals surface area contributed by atoms with Gasteiger partial charge in [0.2, 0.25) is 0 Å². The monoisotopic (exact) mass is 531 g/mol. The van der Waals surface area contributed by atoms with Crippen LogP contribution < -0.4 is 0 Å². The minimum absolute atomic E-state index is 0.645. The standard InChI is InChI=1S/C13H15.C9H13.C2H7Si.Hf/c1-10(2)9-12-8-7-11-5-3-4-6-13(11)12;1-6-5-7(2)9(4)8(6)3;1-3-2;/h3-8,10H,9H2,1-2H3;5H,1-4H3;3H,1-2H3;/q;;;+1. The van der Waals surface area contributed by atoms with Gasteiger partial charge in [-0.3, -0.25) is 0 Å². The van der Waals surface area contributed by atoms with Crippen molar-refractivity contribution in [2.75, 3.05) is 0 Å². The zero-order chi connectivity index (χ0) is 19.2. The predicted octanol–water partition coefficient (Wildman–Crippen LogP) is 7.25. The third kappa shape index (κ3) is 3.49. The van der Waals surface area contributed by atoms with Crippen LogP contribution in [-0.2, 0) is 20.6 Å². The van der Waals surface area contributed by atoms with E-state index in [2.05, 4.69) is 85.0 Å². The van der Waals surface area contributed by atoms with Crippen molar-refractivity contribution in [2.45, 2.75) is 68.4 Å². The molecule has 0 nitrogen and oxygen atoms in total. The van der Waals surface area contributed by atoms with E-state index in [4.69, 9.17) is 0 Å². The molecule has 2 aliphatic carbocycles. The van der Waals surface area contributed by atoms with E-state index in [9.17, 15) is 0 Å². The van der Waals surface area contributed by atoms with E-state index in [1.165, 1.54) is 6.42 Å². The van der Waals surface area contributed by atoms with Gasteiger partial charge in [0, 0.05) is 0 Å². The van der Waals surface area contributed by atoms with Gasteiger partial charge < -0.3 is 0 Å². The van der Waals surface area contributed by atoms with Crippen LogP contribution in [0.4, 0.5) is 0 Å². The molecule has 1 aromatic rings. The molecule has 1 aromatic carbocycles. The average molecular weight is 530 g/mol. The molecule has 2 heteroatoms. The molecule has 0 saturated heterocycles. The quantitative estimate of drug-likeness (QED) is 0.352. The van der Waals surface area contributed by atoms with Crippen LogP contribution in [0.15, 0.2) is 52.6 Å². The molecule has 1 unspecified atom stereocenters. The van der Waals surface area contributed by atoms with Gasteiger partial charge in [-0.2, -0.15) is 0 Å². The summed E-state index contributed by atoms with van der Waals surface area (Å²) in [6, 6.07) is 9.37. The fraction of sp³-hybridized carbons (Fsp3) is 0.500. The first-order valence-corrected chi connectivity index (χ1v) is 23.5. The van der Waals surface area contributed by atoms with E-state index in [0.717, 1.165) is 13.3 Å². The molecule has 0 saturated carbocycles. The summed E-state index contributed by atoms with van der Waals surface area (Å²) in [4.78, 5) is 0. The van der Waals surface area contributed by atoms with Crippen molar-refractivity contribution in [3.63, 3.8) is 0 Å². The number of allylic oxidation sites excluding steroid dienone is 6. The van der Waals surface area contributed by atoms with Gasteiger partial charge >= 0.3 is 170 Å². The van der Waals surface area contributed by atoms with Crippen LogP contribution in [0.5, 0.6) is 0 Å². The van der Waals surface area contributed by atoms with Crippen molar-refractivity contribution >= 4 is 11.6 Å². The van der Waals surface area contributed by atoms with Crippen molar-refractivity contribution in [2.24, 2.45) is 5.92 Å². The average Bonchev–Trinajstić information content (AvgIpc) is 3.02. The number of rotatable bonds is 5. The van der Waals surface area contributed by atoms with E-state index in [0.29, 0.717) is 0 Å². The molecule has 0 bridgehead atoms. The van der Waals surface area contributed by atoms with Gasteiger partial charge in [0.1, 0.15) is 0 Å². The topological polar surface area (TPSA) is 0 Å². The maximum atomic E-state index is 2.75. The van der Waals surface area contributed by atoms with Crippen molar-refractivity contribution in [3.05, 3.63) is 63.8 Å². The van der Waals surface area contributed by atoms with Gasteiger partial charge in [-0.05, 0) is 0 Å². The molecule has 0 aliphatic heterocycles. The number of benzene rings is 1. The molecule has 0 amide bonds. The normalized spacial score (nSPS) is 20.5. The first-order chi connectivity index (χ1) is 12.2. The Morgan fingerprint density at radius 2 is 1.54 bits per heavy atom. The molecule has 26 heavy (non-hydrogen) atoms. The summed E-state index contributed by atoms with van der Waals surface area (Å²) in [5.41, 5.74) is 11.6. The Hall–Kier alpha value is -0.473. The Balaban J connectivity index is 2.09. The summed E-state index contributed by atoms with van der Waals surface area (Å²) >= 11 is -1.91. The first kappa shape index (κ1) is 20.3. The van der Waals surface area contributed by atoms with E-state index < -0.39 is 26.6 Å². The Kier molecular flexibility index (Phi) is 6.14. The Bertz CT molecular complexity index is 770. The molecule has 0 radical (unpaired) electrons. The van der Waals surface area contributed by atoms with Crippen molar-refractivity contribution in [1.29, 1.82) is 0 Å². The zero-order valence-electron chi connectivity index (χ0n) is 17.9. The summed E-state index contributed by atoms with van der Waals surface area (Å²) in [6.07, 6.45) is 3.99. The number of fused-ring (bicyclic) bond motifs is 1. The van der Waals surface area contributed by atoms with Gasteiger partial charge in [-0.15, -0.1) is 0 Å². The Morgan fingerprint density at radius 1 is 0.962 bits per heavy atom. The van der Waals surface area contributed by atoms with E-state index in [-0.39, 0.29) is 0 Å². The van der Waals surface area contributed by atoms with Crippen molar-refractivity contribution in [1.82, 2.24) is 0 Å². The van der Waals surface area contributed by atoms with Crippen LogP contribution in [-0.4, -0.2) is 5.98 Å². The molecule has 0 aromatic heterocycles. The fourth-order valence-electron chi connectivity index (χ4n) is 5.06. The second-order valence-corrected chi connectivity index (χ2v) is 37.2. The number of hydrogen-bond acceptors (Lipinski definition) is 0. The summed E-state index contributed by atoms with van der Waals surface area (Å²) in [5, 5.41) is 0. The summed E-state index contributed by atoms with van der Waals surface area (Å²) in [5.74, 6) is 0.0889. The zero-order valence-corrected chi connectivity index (χ0v) is 22.7. The maximum absolute atomic E-state index is 2.75. The van der Waals surface area contributed by atoms with Gasteiger partial charge in [-0.1, -0.05) is 0 Å². The molecule has 0 fully saturated rings. The Labute approximate surface area is 169 Å². The third-order valence-electron chi connectivity index (χ3n) is 6.61. The van der Waals surface area contributed by atoms with Crippen LogP contribution in [0, 0.1) is 5.92 Å². The van der Waals surface area contributed by atoms with Gasteiger partial charge in [-0.25, -0.2) is 0 Å². The summed E-state index contributed by atoms with van der Waals surface area (Å²) < 4.78 is 1.67. The van der Waals surface area contributed by atoms with Crippen LogP contribution in [0.3, 0.4) is 0 Å². The van der Waals surface area contributed by atoms with E-state index in [1.54, 1.807) is 39.0 Å². The Morgan fingerprint density at radius 3 is 2.08 bits per heavy atom. The minimum atomic E-state index is -1.91. The van der Waals surface area contributed by atoms with Crippen LogP contribution in [0.25, 0.3) is 5.57 Å². The molecule has 2 aliphatic rings. The molecule has 0 heterocycles. The van der Waals surface area contributed by atoms with Gasteiger partial charge in [0.15, 0.2) is 0 Å². The molecule has 3 rings (SSSR count). The molecular weight excluding hydrogens is 495 g/mol. The molecule has 0 N–H and O–H groups in total. The second-order valence-electron chi connectivity index (χ2n) is 9.06. The predicted molar refractivity (Wildman–Crippen MR) is 116 cm³/mol. The van der Waals surface area contributed by atoms with Crippen LogP contribution in [0.2, 0.25) is 16.8 Å². The summed E-state index contributed by atoms with van der Waals surface area (Å²) in [6.45, 7) is 19.6. The van der Waals surface area contributed by atoms with E-state index in [1.807, 2.05) is 0 Å². The molecule has 1 atom stereocenters.